The molecule has 0 aromatic carbocycles. The molecular formula is C10H19NO. The first-order valence-electron chi connectivity index (χ1n) is 4.70. The van der Waals surface area contributed by atoms with Gasteiger partial charge in [0.05, 0.1) is 0 Å². The van der Waals surface area contributed by atoms with Crippen LogP contribution in [0.25, 0.3) is 0 Å². The lowest BCUT2D eigenvalue weighted by atomic mass is 10.2. The first-order chi connectivity index (χ1) is 5.81. The van der Waals surface area contributed by atoms with Crippen LogP contribution in [0.1, 0.15) is 39.0 Å². The summed E-state index contributed by atoms with van der Waals surface area (Å²) in [7, 11) is 0. The summed E-state index contributed by atoms with van der Waals surface area (Å²) in [6, 6.07) is 0. The summed E-state index contributed by atoms with van der Waals surface area (Å²) in [5, 5.41) is 0. The normalized spacial score (nSPS) is 10.8. The van der Waals surface area contributed by atoms with Gasteiger partial charge in [-0.3, -0.25) is 4.79 Å². The SMILES string of the molecule is CCCCC/C=C/C(=O)CCN. The lowest BCUT2D eigenvalue weighted by Gasteiger charge is -1.91. The molecule has 0 aromatic heterocycles. The van der Waals surface area contributed by atoms with E-state index in [1.807, 2.05) is 6.08 Å². The van der Waals surface area contributed by atoms with Gasteiger partial charge in [-0.1, -0.05) is 25.8 Å². The minimum atomic E-state index is 0.147. The van der Waals surface area contributed by atoms with Gasteiger partial charge in [0.2, 0.25) is 0 Å². The Morgan fingerprint density at radius 3 is 2.75 bits per heavy atom. The Morgan fingerprint density at radius 1 is 1.42 bits per heavy atom. The van der Waals surface area contributed by atoms with Crippen LogP contribution in [0.2, 0.25) is 0 Å². The summed E-state index contributed by atoms with van der Waals surface area (Å²) in [5.41, 5.74) is 5.23. The van der Waals surface area contributed by atoms with Crippen LogP contribution in [0, 0.1) is 0 Å². The quantitative estimate of drug-likeness (QED) is 0.468. The van der Waals surface area contributed by atoms with Crippen LogP contribution < -0.4 is 5.73 Å². The van der Waals surface area contributed by atoms with Crippen molar-refractivity contribution >= 4 is 5.78 Å². The van der Waals surface area contributed by atoms with E-state index in [1.165, 1.54) is 19.3 Å². The van der Waals surface area contributed by atoms with Gasteiger partial charge >= 0.3 is 0 Å². The van der Waals surface area contributed by atoms with Gasteiger partial charge in [-0.05, 0) is 25.5 Å². The second kappa shape index (κ2) is 8.47. The standard InChI is InChI=1S/C10H19NO/c1-2-3-4-5-6-7-10(12)8-9-11/h6-7H,2-5,8-9,11H2,1H3/b7-6+. The Kier molecular flexibility index (Phi) is 8.02. The third kappa shape index (κ3) is 7.48. The molecule has 0 atom stereocenters. The molecular weight excluding hydrogens is 150 g/mol. The number of carbonyl (C=O) groups is 1. The maximum atomic E-state index is 10.9. The first-order valence-corrected chi connectivity index (χ1v) is 4.70. The van der Waals surface area contributed by atoms with E-state index in [9.17, 15) is 4.79 Å². The maximum Gasteiger partial charge on any atom is 0.156 e. The minimum absolute atomic E-state index is 0.147. The summed E-state index contributed by atoms with van der Waals surface area (Å²) in [4.78, 5) is 10.9. The van der Waals surface area contributed by atoms with Crippen LogP contribution in [-0.4, -0.2) is 12.3 Å². The minimum Gasteiger partial charge on any atom is -0.330 e. The lowest BCUT2D eigenvalue weighted by molar-refractivity contribution is -0.114. The molecule has 0 rings (SSSR count). The van der Waals surface area contributed by atoms with E-state index in [4.69, 9.17) is 5.73 Å². The number of hydrogen-bond acceptors (Lipinski definition) is 2. The van der Waals surface area contributed by atoms with Crippen LogP contribution in [0.15, 0.2) is 12.2 Å². The lowest BCUT2D eigenvalue weighted by Crippen LogP contribution is -2.04. The number of hydrogen-bond donors (Lipinski definition) is 1. The highest BCUT2D eigenvalue weighted by atomic mass is 16.1. The molecule has 2 N–H and O–H groups in total. The van der Waals surface area contributed by atoms with Gasteiger partial charge < -0.3 is 5.73 Å². The molecule has 0 aliphatic heterocycles. The number of ketones is 1. The van der Waals surface area contributed by atoms with Crippen LogP contribution in [0.3, 0.4) is 0 Å². The first kappa shape index (κ1) is 11.4. The zero-order valence-electron chi connectivity index (χ0n) is 7.88. The van der Waals surface area contributed by atoms with Crippen molar-refractivity contribution in [2.45, 2.75) is 39.0 Å². The van der Waals surface area contributed by atoms with Crippen LogP contribution >= 0.6 is 0 Å². The van der Waals surface area contributed by atoms with Gasteiger partial charge in [-0.25, -0.2) is 0 Å². The summed E-state index contributed by atoms with van der Waals surface area (Å²) >= 11 is 0. The fourth-order valence-corrected chi connectivity index (χ4v) is 0.953. The molecule has 0 aliphatic rings. The van der Waals surface area contributed by atoms with E-state index in [0.717, 1.165) is 6.42 Å². The summed E-state index contributed by atoms with van der Waals surface area (Å²) in [5.74, 6) is 0.147. The van der Waals surface area contributed by atoms with Crippen molar-refractivity contribution in [3.63, 3.8) is 0 Å². The predicted octanol–water partition coefficient (Wildman–Crippen LogP) is 2.04. The largest absolute Gasteiger partial charge is 0.330 e. The van der Waals surface area contributed by atoms with E-state index in [0.29, 0.717) is 13.0 Å². The van der Waals surface area contributed by atoms with Gasteiger partial charge in [-0.2, -0.15) is 0 Å². The molecule has 2 nitrogen and oxygen atoms in total. The molecule has 0 amide bonds. The number of allylic oxidation sites excluding steroid dienone is 2. The fourth-order valence-electron chi connectivity index (χ4n) is 0.953. The molecule has 0 spiro atoms. The smallest absolute Gasteiger partial charge is 0.156 e. The molecule has 70 valence electrons. The maximum absolute atomic E-state index is 10.9. The van der Waals surface area contributed by atoms with E-state index in [-0.39, 0.29) is 5.78 Å². The molecule has 0 aromatic rings. The van der Waals surface area contributed by atoms with E-state index in [2.05, 4.69) is 6.92 Å². The Hall–Kier alpha value is -0.630. The monoisotopic (exact) mass is 169 g/mol. The van der Waals surface area contributed by atoms with Gasteiger partial charge in [0, 0.05) is 6.42 Å². The third-order valence-corrected chi connectivity index (χ3v) is 1.67. The van der Waals surface area contributed by atoms with Crippen molar-refractivity contribution in [2.75, 3.05) is 6.54 Å². The van der Waals surface area contributed by atoms with Crippen molar-refractivity contribution in [2.24, 2.45) is 5.73 Å². The number of unbranched alkanes of at least 4 members (excludes halogenated alkanes) is 3. The Bertz CT molecular complexity index is 141. The Balaban J connectivity index is 3.29. The predicted molar refractivity (Wildman–Crippen MR) is 52.0 cm³/mol. The number of rotatable bonds is 7. The van der Waals surface area contributed by atoms with Crippen molar-refractivity contribution in [1.82, 2.24) is 0 Å². The van der Waals surface area contributed by atoms with Crippen LogP contribution in [0.4, 0.5) is 0 Å². The molecule has 0 aliphatic carbocycles. The van der Waals surface area contributed by atoms with Crippen molar-refractivity contribution in [3.05, 3.63) is 12.2 Å². The molecule has 2 heteroatoms. The summed E-state index contributed by atoms with van der Waals surface area (Å²) in [6.45, 7) is 2.63. The zero-order valence-corrected chi connectivity index (χ0v) is 7.88. The third-order valence-electron chi connectivity index (χ3n) is 1.67. The topological polar surface area (TPSA) is 43.1 Å². The molecule has 0 bridgehead atoms. The van der Waals surface area contributed by atoms with Crippen molar-refractivity contribution in [1.29, 1.82) is 0 Å². The van der Waals surface area contributed by atoms with E-state index in [1.54, 1.807) is 6.08 Å². The highest BCUT2D eigenvalue weighted by Gasteiger charge is 1.91. The van der Waals surface area contributed by atoms with Crippen molar-refractivity contribution < 1.29 is 4.79 Å². The molecule has 12 heavy (non-hydrogen) atoms. The van der Waals surface area contributed by atoms with Gasteiger partial charge in [0.25, 0.3) is 0 Å². The van der Waals surface area contributed by atoms with Crippen LogP contribution in [0.5, 0.6) is 0 Å². The molecule has 0 radical (unpaired) electrons. The van der Waals surface area contributed by atoms with Crippen molar-refractivity contribution in [3.8, 4) is 0 Å². The zero-order chi connectivity index (χ0) is 9.23. The molecule has 0 saturated carbocycles. The summed E-state index contributed by atoms with van der Waals surface area (Å²) < 4.78 is 0. The molecule has 0 heterocycles. The van der Waals surface area contributed by atoms with Gasteiger partial charge in [-0.15, -0.1) is 0 Å². The highest BCUT2D eigenvalue weighted by molar-refractivity contribution is 5.89. The Labute approximate surface area is 74.8 Å². The second-order valence-electron chi connectivity index (χ2n) is 2.90. The number of nitrogens with two attached hydrogens (primary N) is 1. The second-order valence-corrected chi connectivity index (χ2v) is 2.90. The molecule has 0 unspecified atom stereocenters. The average Bonchev–Trinajstić information content (AvgIpc) is 2.05. The average molecular weight is 169 g/mol. The van der Waals surface area contributed by atoms with E-state index >= 15 is 0 Å². The Morgan fingerprint density at radius 2 is 2.17 bits per heavy atom. The fraction of sp³-hybridized carbons (Fsp3) is 0.700. The van der Waals surface area contributed by atoms with E-state index < -0.39 is 0 Å². The number of carbonyl (C=O) groups excluding carboxylic acids is 1. The highest BCUT2D eigenvalue weighted by Crippen LogP contribution is 1.99. The van der Waals surface area contributed by atoms with Gasteiger partial charge in [0.15, 0.2) is 5.78 Å². The van der Waals surface area contributed by atoms with Gasteiger partial charge in [0.1, 0.15) is 0 Å². The summed E-state index contributed by atoms with van der Waals surface area (Å²) in [6.07, 6.45) is 8.76. The molecule has 0 saturated heterocycles. The van der Waals surface area contributed by atoms with Crippen LogP contribution in [-0.2, 0) is 4.79 Å². The molecule has 0 fully saturated rings.